The minimum atomic E-state index is -0.913. The molecule has 40 heavy (non-hydrogen) atoms. The van der Waals surface area contributed by atoms with E-state index in [0.29, 0.717) is 34.9 Å². The smallest absolute Gasteiger partial charge is 0.410 e. The van der Waals surface area contributed by atoms with Gasteiger partial charge in [0.05, 0.1) is 25.9 Å². The molecule has 1 N–H and O–H groups in total. The van der Waals surface area contributed by atoms with Crippen molar-refractivity contribution in [1.82, 2.24) is 4.90 Å². The minimum absolute atomic E-state index is 0.0680. The summed E-state index contributed by atoms with van der Waals surface area (Å²) >= 11 is 6.09. The molecule has 8 heteroatoms. The largest absolute Gasteiger partial charge is 0.490 e. The van der Waals surface area contributed by atoms with Crippen molar-refractivity contribution in [2.24, 2.45) is 0 Å². The second-order valence-corrected chi connectivity index (χ2v) is 11.2. The summed E-state index contributed by atoms with van der Waals surface area (Å²) in [5.41, 5.74) is 3.20. The zero-order valence-corrected chi connectivity index (χ0v) is 24.7. The Hall–Kier alpha value is -3.55. The molecule has 0 heterocycles. The molecule has 0 spiro atoms. The van der Waals surface area contributed by atoms with Crippen molar-refractivity contribution in [2.75, 3.05) is 20.2 Å². The van der Waals surface area contributed by atoms with E-state index in [4.69, 9.17) is 25.8 Å². The standard InChI is InChI=1S/C32H38ClNO6/c1-21(2)39-29-19-24(14-15-27(29)30(36)38-6)23-12-10-22(11-13-23)16-17-34(31(37)40-32(3,4)5)20-28(35)25-8-7-9-26(33)18-25/h7-15,18-19,21,28,35H,16-17,20H2,1-6H3/t28-/m0/s1. The molecule has 3 rings (SSSR count). The predicted molar refractivity (Wildman–Crippen MR) is 157 cm³/mol. The van der Waals surface area contributed by atoms with Crippen molar-refractivity contribution in [2.45, 2.75) is 58.8 Å². The van der Waals surface area contributed by atoms with E-state index in [2.05, 4.69) is 0 Å². The summed E-state index contributed by atoms with van der Waals surface area (Å²) in [6.07, 6.45) is -0.950. The molecular formula is C32H38ClNO6. The Morgan fingerprint density at radius 2 is 1.65 bits per heavy atom. The SMILES string of the molecule is COC(=O)c1ccc(-c2ccc(CCN(C[C@H](O)c3cccc(Cl)c3)C(=O)OC(C)(C)C)cc2)cc1OC(C)C. The summed E-state index contributed by atoms with van der Waals surface area (Å²) in [5.74, 6) is 0.0160. The van der Waals surface area contributed by atoms with Gasteiger partial charge in [-0.1, -0.05) is 54.1 Å². The van der Waals surface area contributed by atoms with Crippen LogP contribution in [0.1, 0.15) is 62.2 Å². The highest BCUT2D eigenvalue weighted by molar-refractivity contribution is 6.30. The maximum absolute atomic E-state index is 13.0. The predicted octanol–water partition coefficient (Wildman–Crippen LogP) is 7.09. The van der Waals surface area contributed by atoms with Crippen LogP contribution in [0.2, 0.25) is 5.02 Å². The van der Waals surface area contributed by atoms with E-state index in [1.807, 2.05) is 71.0 Å². The molecule has 3 aromatic carbocycles. The third kappa shape index (κ3) is 9.00. The number of carbonyl (C=O) groups is 2. The molecule has 1 atom stereocenters. The molecule has 0 saturated carbocycles. The van der Waals surface area contributed by atoms with Crippen molar-refractivity contribution < 1.29 is 28.9 Å². The third-order valence-corrected chi connectivity index (χ3v) is 6.22. The molecule has 214 valence electrons. The summed E-state index contributed by atoms with van der Waals surface area (Å²) in [4.78, 5) is 26.7. The van der Waals surface area contributed by atoms with Crippen LogP contribution in [0.5, 0.6) is 5.75 Å². The van der Waals surface area contributed by atoms with Gasteiger partial charge in [-0.25, -0.2) is 9.59 Å². The lowest BCUT2D eigenvalue weighted by Gasteiger charge is -2.29. The van der Waals surface area contributed by atoms with E-state index in [1.165, 1.54) is 12.0 Å². The second-order valence-electron chi connectivity index (χ2n) is 10.8. The Labute approximate surface area is 241 Å². The van der Waals surface area contributed by atoms with E-state index in [0.717, 1.165) is 16.7 Å². The Morgan fingerprint density at radius 1 is 0.975 bits per heavy atom. The van der Waals surface area contributed by atoms with E-state index in [-0.39, 0.29) is 12.6 Å². The first-order valence-electron chi connectivity index (χ1n) is 13.3. The fourth-order valence-corrected chi connectivity index (χ4v) is 4.27. The molecule has 0 aromatic heterocycles. The number of halogens is 1. The number of aliphatic hydroxyl groups is 1. The minimum Gasteiger partial charge on any atom is -0.490 e. The number of benzene rings is 3. The van der Waals surface area contributed by atoms with Crippen molar-refractivity contribution in [1.29, 1.82) is 0 Å². The van der Waals surface area contributed by atoms with Crippen LogP contribution < -0.4 is 4.74 Å². The fraction of sp³-hybridized carbons (Fsp3) is 0.375. The number of nitrogens with zero attached hydrogens (tertiary/aromatic N) is 1. The van der Waals surface area contributed by atoms with Crippen LogP contribution in [0.25, 0.3) is 11.1 Å². The molecule has 0 aliphatic carbocycles. The molecule has 0 unspecified atom stereocenters. The van der Waals surface area contributed by atoms with Crippen LogP contribution in [0.3, 0.4) is 0 Å². The van der Waals surface area contributed by atoms with Crippen LogP contribution in [-0.2, 0) is 15.9 Å². The quantitative estimate of drug-likeness (QED) is 0.263. The van der Waals surface area contributed by atoms with E-state index in [1.54, 1.807) is 30.3 Å². The summed E-state index contributed by atoms with van der Waals surface area (Å²) in [6, 6.07) is 20.3. The van der Waals surface area contributed by atoms with Gasteiger partial charge in [-0.15, -0.1) is 0 Å². The average Bonchev–Trinajstić information content (AvgIpc) is 2.89. The molecule has 0 saturated heterocycles. The molecule has 0 bridgehead atoms. The van der Waals surface area contributed by atoms with E-state index < -0.39 is 23.8 Å². The Bertz CT molecular complexity index is 1300. The molecule has 1 amide bonds. The highest BCUT2D eigenvalue weighted by Crippen LogP contribution is 2.29. The number of hydrogen-bond acceptors (Lipinski definition) is 6. The first kappa shape index (κ1) is 31.0. The lowest BCUT2D eigenvalue weighted by molar-refractivity contribution is 0.0147. The van der Waals surface area contributed by atoms with Gasteiger partial charge in [0, 0.05) is 11.6 Å². The fourth-order valence-electron chi connectivity index (χ4n) is 4.07. The number of carbonyl (C=O) groups excluding carboxylic acids is 2. The number of amides is 1. The maximum atomic E-state index is 13.0. The average molecular weight is 568 g/mol. The third-order valence-electron chi connectivity index (χ3n) is 5.99. The van der Waals surface area contributed by atoms with Gasteiger partial charge in [-0.3, -0.25) is 0 Å². The zero-order chi connectivity index (χ0) is 29.4. The van der Waals surface area contributed by atoms with Gasteiger partial charge in [-0.05, 0) is 87.6 Å². The van der Waals surface area contributed by atoms with Gasteiger partial charge in [0.2, 0.25) is 0 Å². The lowest BCUT2D eigenvalue weighted by atomic mass is 10.0. The molecular weight excluding hydrogens is 530 g/mol. The Kier molecular flexibility index (Phi) is 10.6. The van der Waals surface area contributed by atoms with Crippen LogP contribution in [0.15, 0.2) is 66.7 Å². The van der Waals surface area contributed by atoms with Crippen LogP contribution in [0, 0.1) is 0 Å². The highest BCUT2D eigenvalue weighted by Gasteiger charge is 2.25. The topological polar surface area (TPSA) is 85.3 Å². The molecule has 7 nitrogen and oxygen atoms in total. The summed E-state index contributed by atoms with van der Waals surface area (Å²) in [6.45, 7) is 9.65. The number of rotatable bonds is 10. The van der Waals surface area contributed by atoms with Gasteiger partial charge in [-0.2, -0.15) is 0 Å². The number of methoxy groups -OCH3 is 1. The summed E-state index contributed by atoms with van der Waals surface area (Å²) in [7, 11) is 1.34. The van der Waals surface area contributed by atoms with Gasteiger partial charge < -0.3 is 24.2 Å². The normalized spacial score (nSPS) is 12.1. The van der Waals surface area contributed by atoms with E-state index in [9.17, 15) is 14.7 Å². The van der Waals surface area contributed by atoms with Gasteiger partial charge in [0.1, 0.15) is 16.9 Å². The number of hydrogen-bond donors (Lipinski definition) is 1. The van der Waals surface area contributed by atoms with Crippen molar-refractivity contribution in [3.63, 3.8) is 0 Å². The number of aliphatic hydroxyl groups excluding tert-OH is 1. The number of ether oxygens (including phenoxy) is 3. The molecule has 0 aliphatic rings. The second kappa shape index (κ2) is 13.7. The van der Waals surface area contributed by atoms with Crippen LogP contribution >= 0.6 is 11.6 Å². The molecule has 0 aliphatic heterocycles. The Balaban J connectivity index is 1.76. The van der Waals surface area contributed by atoms with Gasteiger partial charge in [0.15, 0.2) is 0 Å². The van der Waals surface area contributed by atoms with Gasteiger partial charge in [0.25, 0.3) is 0 Å². The zero-order valence-electron chi connectivity index (χ0n) is 23.9. The Morgan fingerprint density at radius 3 is 2.25 bits per heavy atom. The van der Waals surface area contributed by atoms with Crippen molar-refractivity contribution >= 4 is 23.7 Å². The van der Waals surface area contributed by atoms with Crippen molar-refractivity contribution in [3.8, 4) is 16.9 Å². The molecule has 0 fully saturated rings. The van der Waals surface area contributed by atoms with Gasteiger partial charge >= 0.3 is 12.1 Å². The monoisotopic (exact) mass is 567 g/mol. The lowest BCUT2D eigenvalue weighted by Crippen LogP contribution is -2.40. The maximum Gasteiger partial charge on any atom is 0.410 e. The first-order valence-corrected chi connectivity index (χ1v) is 13.6. The first-order chi connectivity index (χ1) is 18.9. The summed E-state index contributed by atoms with van der Waals surface area (Å²) < 4.78 is 16.4. The van der Waals surface area contributed by atoms with Crippen LogP contribution in [0.4, 0.5) is 4.79 Å². The van der Waals surface area contributed by atoms with E-state index >= 15 is 0 Å². The highest BCUT2D eigenvalue weighted by atomic mass is 35.5. The number of esters is 1. The van der Waals surface area contributed by atoms with Crippen LogP contribution in [-0.4, -0.2) is 54.0 Å². The molecule has 0 radical (unpaired) electrons. The molecule has 3 aromatic rings. The van der Waals surface area contributed by atoms with Crippen molar-refractivity contribution in [3.05, 3.63) is 88.4 Å². The summed E-state index contributed by atoms with van der Waals surface area (Å²) in [5, 5.41) is 11.3.